The van der Waals surface area contributed by atoms with Gasteiger partial charge in [-0.25, -0.2) is 0 Å². The molecule has 642 valence electrons. The number of fused-ring (bicyclic) bond motifs is 3. The predicted octanol–water partition coefficient (Wildman–Crippen LogP) is 28.7. The van der Waals surface area contributed by atoms with E-state index in [0.717, 1.165) is 65.4 Å². The van der Waals surface area contributed by atoms with Gasteiger partial charge < -0.3 is 24.1 Å². The minimum absolute atomic E-state index is 0.00116. The van der Waals surface area contributed by atoms with E-state index in [1.165, 1.54) is 58.7 Å². The lowest BCUT2D eigenvalue weighted by Gasteiger charge is -2.17. The Morgan fingerprint density at radius 3 is 0.964 bits per heavy atom. The molecule has 5 aromatic rings. The van der Waals surface area contributed by atoms with Gasteiger partial charge in [0.15, 0.2) is 0 Å². The molecule has 1 aliphatic carbocycles. The molecule has 112 heavy (non-hydrogen) atoms. The molecule has 10 nitrogen and oxygen atoms in total. The third-order valence-corrected chi connectivity index (χ3v) is 16.8. The van der Waals surface area contributed by atoms with Crippen LogP contribution in [0.25, 0.3) is 11.1 Å². The van der Waals surface area contributed by atoms with E-state index in [2.05, 4.69) is 250 Å². The minimum atomic E-state index is -0.720. The minimum Gasteiger partial charge on any atom is -0.465 e. The first-order chi connectivity index (χ1) is 51.9. The summed E-state index contributed by atoms with van der Waals surface area (Å²) in [5.74, 6) is 6.92. The number of carbonyl (C=O) groups is 5. The highest BCUT2D eigenvalue weighted by Gasteiger charge is 2.29. The Hall–Kier alpha value is -6.69. The van der Waals surface area contributed by atoms with E-state index in [-0.39, 0.29) is 71.8 Å². The van der Waals surface area contributed by atoms with Crippen LogP contribution in [0.2, 0.25) is 25.7 Å². The quantitative estimate of drug-likeness (QED) is 0.0275. The number of allylic oxidation sites excluding steroid dienone is 1. The number of ether oxygens (including phenoxy) is 4. The summed E-state index contributed by atoms with van der Waals surface area (Å²) >= 11 is 0. The number of rotatable bonds is 24. The molecule has 0 saturated heterocycles. The SMILES string of the molecule is C=CCC(C)C.C=CCOC(=O)C(C)C.CC(=O)C(C)C.CC(C)C.CC(C)C.CC(C)C(=O)OCC1c2ccccc2-c2ccccc21.CC(C)C(=O)OCc1ccccc1.CC(C)COC(=O)C(C)C.CC(C)C[Si](C)(C)C.CC(C)Cc1ccc(CO)cc1.CC(C)Cc1ccccc1.CCC(C)C.CCC(C)C. The van der Waals surface area contributed by atoms with Gasteiger partial charge in [0, 0.05) is 19.9 Å². The molecule has 11 heteroatoms. The average molecular weight is 1580 g/mol. The van der Waals surface area contributed by atoms with Gasteiger partial charge in [0.1, 0.15) is 25.6 Å². The maximum Gasteiger partial charge on any atom is 0.308 e. The first-order valence-electron chi connectivity index (χ1n) is 42.3. The number of carbonyl (C=O) groups excluding carboxylic acids is 5. The Labute approximate surface area is 693 Å². The molecular weight excluding hydrogens is 1400 g/mol. The van der Waals surface area contributed by atoms with Crippen molar-refractivity contribution in [2.24, 2.45) is 82.9 Å². The van der Waals surface area contributed by atoms with Crippen LogP contribution in [-0.4, -0.2) is 62.7 Å². The molecule has 0 radical (unpaired) electrons. The summed E-state index contributed by atoms with van der Waals surface area (Å²) in [5.41, 5.74) is 9.83. The number of benzene rings is 5. The van der Waals surface area contributed by atoms with Gasteiger partial charge in [-0.3, -0.25) is 24.0 Å². The van der Waals surface area contributed by atoms with Crippen molar-refractivity contribution >= 4 is 37.7 Å². The predicted molar refractivity (Wildman–Crippen MR) is 493 cm³/mol. The average Bonchev–Trinajstić information content (AvgIpc) is 1.62. The smallest absolute Gasteiger partial charge is 0.308 e. The van der Waals surface area contributed by atoms with Crippen molar-refractivity contribution in [2.45, 2.75) is 305 Å². The molecule has 0 atom stereocenters. The van der Waals surface area contributed by atoms with E-state index in [0.29, 0.717) is 38.3 Å². The number of hydrogen-bond donors (Lipinski definition) is 1. The molecule has 0 heterocycles. The summed E-state index contributed by atoms with van der Waals surface area (Å²) in [7, 11) is -0.720. The Bertz CT molecular complexity index is 2950. The number of aliphatic hydroxyl groups is 1. The zero-order valence-corrected chi connectivity index (χ0v) is 79.8. The Morgan fingerprint density at radius 1 is 0.384 bits per heavy atom. The molecule has 0 unspecified atom stereocenters. The molecule has 0 aromatic heterocycles. The highest BCUT2D eigenvalue weighted by molar-refractivity contribution is 6.76. The second-order valence-corrected chi connectivity index (χ2v) is 41.1. The second-order valence-electron chi connectivity index (χ2n) is 35.6. The molecule has 0 spiro atoms. The largest absolute Gasteiger partial charge is 0.465 e. The van der Waals surface area contributed by atoms with Gasteiger partial charge in [0.25, 0.3) is 0 Å². The van der Waals surface area contributed by atoms with Crippen LogP contribution in [0.4, 0.5) is 0 Å². The Morgan fingerprint density at radius 2 is 0.696 bits per heavy atom. The third-order valence-electron chi connectivity index (χ3n) is 14.8. The van der Waals surface area contributed by atoms with E-state index >= 15 is 0 Å². The van der Waals surface area contributed by atoms with Crippen LogP contribution in [0.15, 0.2) is 159 Å². The highest BCUT2D eigenvalue weighted by Crippen LogP contribution is 2.44. The first-order valence-corrected chi connectivity index (χ1v) is 46.0. The second kappa shape index (κ2) is 74.4. The molecule has 1 N–H and O–H groups in total. The van der Waals surface area contributed by atoms with Crippen LogP contribution in [0.1, 0.15) is 287 Å². The van der Waals surface area contributed by atoms with Crippen molar-refractivity contribution in [3.8, 4) is 11.1 Å². The summed E-state index contributed by atoms with van der Waals surface area (Å²) < 4.78 is 20.1. The Balaban J connectivity index is -0.000000220. The maximum absolute atomic E-state index is 11.7. The highest BCUT2D eigenvalue weighted by atomic mass is 28.3. The molecule has 6 rings (SSSR count). The fraction of sp³-hybridized carbons (Fsp3) is 0.614. The van der Waals surface area contributed by atoms with Crippen LogP contribution < -0.4 is 0 Å². The molecule has 0 amide bonds. The normalized spacial score (nSPS) is 10.7. The first kappa shape index (κ1) is 119. The van der Waals surface area contributed by atoms with Gasteiger partial charge in [-0.2, -0.15) is 0 Å². The van der Waals surface area contributed by atoms with E-state index in [9.17, 15) is 24.0 Å². The van der Waals surface area contributed by atoms with Crippen LogP contribution in [0.5, 0.6) is 0 Å². The third kappa shape index (κ3) is 82.8. The lowest BCUT2D eigenvalue weighted by molar-refractivity contribution is -0.149. The Kier molecular flexibility index (Phi) is 78.8. The number of aliphatic hydroxyl groups excluding tert-OH is 1. The van der Waals surface area contributed by atoms with Crippen LogP contribution in [0.3, 0.4) is 0 Å². The fourth-order valence-electron chi connectivity index (χ4n) is 8.29. The van der Waals surface area contributed by atoms with Gasteiger partial charge >= 0.3 is 23.9 Å². The van der Waals surface area contributed by atoms with E-state index in [1.54, 1.807) is 26.8 Å². The molecule has 1 aliphatic rings. The van der Waals surface area contributed by atoms with E-state index in [4.69, 9.17) is 24.1 Å². The van der Waals surface area contributed by atoms with Gasteiger partial charge in [-0.05, 0) is 124 Å². The van der Waals surface area contributed by atoms with Crippen LogP contribution >= 0.6 is 0 Å². The van der Waals surface area contributed by atoms with Gasteiger partial charge in [0.2, 0.25) is 0 Å². The number of Topliss-reactive ketones (excluding diaryl/α,β-unsaturated/α-hetero) is 1. The van der Waals surface area contributed by atoms with Crippen LogP contribution in [0, 0.1) is 82.9 Å². The molecule has 5 aromatic carbocycles. The summed E-state index contributed by atoms with van der Waals surface area (Å²) in [6, 6.07) is 46.6. The van der Waals surface area contributed by atoms with Crippen molar-refractivity contribution in [3.05, 3.63) is 192 Å². The van der Waals surface area contributed by atoms with Crippen molar-refractivity contribution in [1.29, 1.82) is 0 Å². The zero-order valence-electron chi connectivity index (χ0n) is 78.8. The van der Waals surface area contributed by atoms with E-state index in [1.807, 2.05) is 130 Å². The zero-order chi connectivity index (χ0) is 88.2. The van der Waals surface area contributed by atoms with Crippen molar-refractivity contribution < 1.29 is 48.0 Å². The van der Waals surface area contributed by atoms with Gasteiger partial charge in [0.05, 0.1) is 36.9 Å². The van der Waals surface area contributed by atoms with Gasteiger partial charge in [-0.15, -0.1) is 6.58 Å². The number of esters is 4. The van der Waals surface area contributed by atoms with Crippen molar-refractivity contribution in [2.75, 3.05) is 19.8 Å². The number of ketones is 1. The summed E-state index contributed by atoms with van der Waals surface area (Å²) in [5, 5.41) is 8.81. The van der Waals surface area contributed by atoms with Crippen LogP contribution in [-0.2, 0) is 69.0 Å². The summed E-state index contributed by atoms with van der Waals surface area (Å²) in [4.78, 5) is 54.4. The van der Waals surface area contributed by atoms with Crippen molar-refractivity contribution in [1.82, 2.24) is 0 Å². The maximum atomic E-state index is 11.7. The van der Waals surface area contributed by atoms with Gasteiger partial charge in [-0.1, -0.05) is 412 Å². The number of hydrogen-bond acceptors (Lipinski definition) is 10. The fourth-order valence-corrected chi connectivity index (χ4v) is 10.7. The topological polar surface area (TPSA) is 142 Å². The molecule has 0 aliphatic heterocycles. The van der Waals surface area contributed by atoms with Crippen molar-refractivity contribution in [3.63, 3.8) is 0 Å². The lowest BCUT2D eigenvalue weighted by Crippen LogP contribution is -2.21. The molecule has 0 fully saturated rings. The van der Waals surface area contributed by atoms with E-state index < -0.39 is 8.07 Å². The summed E-state index contributed by atoms with van der Waals surface area (Å²) in [6.07, 6.45) is 9.57. The summed E-state index contributed by atoms with van der Waals surface area (Å²) in [6.45, 7) is 84.3. The molecule has 0 saturated carbocycles. The monoisotopic (exact) mass is 1580 g/mol. The standard InChI is InChI=1S/C18H18O2.C11H14O2.C11H16O.C10H14.C8H16O2.C7H12O2.C7H18Si.C6H12.C5H10O.2C5H12.2C4H10/c1-12(2)18(19)20-11-17-15-9-5-3-7-13(15)14-8-4-6-10-16(14)17;1-9(2)11(12)13-8-10-6-4-3-5-7-10;1-9(2)7-10-3-5-11(8-12)6-4-10;1-9(2)8-10-6-4-3-5-7-10;1-6(2)5-10-8(9)7(3)4;1-4-5-9-7(8)6(2)3;1-7(2)6-8(3,4)5;1-4-5-6(2)3;1-4(2)5(3)6;2*1-4-5(2)3;2*1-4(2)3/h3-10,12,17H,11H2,1-2H3;3-7,9H,8H2,1-2H3;3-6,9,12H,7-8H2,1-2H3;3-7,9H,8H2,1-2H3;6-7H,5H2,1-4H3;4,6H,1,5H2,2-3H3;7H,6H2,1-5H3;4,6H,1,5H2,2-3H3;4H,1-3H3;2*5H,4H2,1-3H3;2*4H,1-3H3. The molecular formula is C101H174O10Si. The lowest BCUT2D eigenvalue weighted by atomic mass is 9.98. The molecule has 0 bridgehead atoms.